The number of nitrogens with zero attached hydrogens (tertiary/aromatic N) is 3. The van der Waals surface area contributed by atoms with Gasteiger partial charge in [0.05, 0.1) is 0 Å². The van der Waals surface area contributed by atoms with Crippen LogP contribution in [0, 0.1) is 0 Å². The number of nitrogen functional groups attached to an aromatic ring is 1. The van der Waals surface area contributed by atoms with Crippen molar-refractivity contribution in [1.82, 2.24) is 15.3 Å². The molecule has 0 bridgehead atoms. The van der Waals surface area contributed by atoms with Crippen LogP contribution >= 0.6 is 0 Å². The van der Waals surface area contributed by atoms with Gasteiger partial charge in [-0.25, -0.2) is 4.98 Å². The maximum Gasteiger partial charge on any atom is 0.227 e. The number of hydrogen-bond donors (Lipinski definition) is 2. The van der Waals surface area contributed by atoms with Gasteiger partial charge in [-0.1, -0.05) is 20.8 Å². The summed E-state index contributed by atoms with van der Waals surface area (Å²) in [5.74, 6) is 1.34. The largest absolute Gasteiger partial charge is 0.383 e. The number of nitrogens with two attached hydrogens (primary N) is 1. The van der Waals surface area contributed by atoms with Crippen LogP contribution in [-0.2, 0) is 5.41 Å². The van der Waals surface area contributed by atoms with E-state index in [1.807, 2.05) is 6.20 Å². The molecule has 1 saturated heterocycles. The molecule has 5 heteroatoms. The maximum absolute atomic E-state index is 6.09. The Hall–Kier alpha value is -1.36. The van der Waals surface area contributed by atoms with Crippen LogP contribution in [0.3, 0.4) is 0 Å². The summed E-state index contributed by atoms with van der Waals surface area (Å²) >= 11 is 0. The molecule has 0 aliphatic carbocycles. The molecule has 1 aromatic rings. The summed E-state index contributed by atoms with van der Waals surface area (Å²) in [4.78, 5) is 11.2. The van der Waals surface area contributed by atoms with Gasteiger partial charge in [0.2, 0.25) is 5.95 Å². The third kappa shape index (κ3) is 3.15. The van der Waals surface area contributed by atoms with Gasteiger partial charge in [0.15, 0.2) is 0 Å². The van der Waals surface area contributed by atoms with E-state index in [-0.39, 0.29) is 5.41 Å². The second kappa shape index (κ2) is 4.96. The zero-order chi connectivity index (χ0) is 14.2. The maximum atomic E-state index is 6.09. The third-order valence-electron chi connectivity index (χ3n) is 3.45. The second-order valence-electron chi connectivity index (χ2n) is 6.59. The molecule has 106 valence electrons. The summed E-state index contributed by atoms with van der Waals surface area (Å²) in [6, 6.07) is 0.881. The van der Waals surface area contributed by atoms with Gasteiger partial charge in [-0.3, -0.25) is 0 Å². The standard InChI is InChI=1S/C14H25N5/c1-9-7-19(8-10(2)17-9)13-16-6-11(12(15)18-13)14(3,4)5/h6,9-10,17H,7-8H2,1-5H3,(H2,15,16,18)/t9-,10?/m1/s1. The number of hydrogen-bond acceptors (Lipinski definition) is 5. The molecule has 2 atom stereocenters. The summed E-state index contributed by atoms with van der Waals surface area (Å²) in [5, 5.41) is 3.50. The number of nitrogens with one attached hydrogen (secondary N) is 1. The third-order valence-corrected chi connectivity index (χ3v) is 3.45. The molecule has 0 amide bonds. The molecule has 1 fully saturated rings. The Morgan fingerprint density at radius 3 is 2.32 bits per heavy atom. The number of piperazine rings is 1. The molecular weight excluding hydrogens is 238 g/mol. The molecule has 2 rings (SSSR count). The smallest absolute Gasteiger partial charge is 0.227 e. The van der Waals surface area contributed by atoms with Crippen LogP contribution in [0.1, 0.15) is 40.2 Å². The van der Waals surface area contributed by atoms with Gasteiger partial charge in [-0.05, 0) is 19.3 Å². The molecule has 1 aliphatic heterocycles. The predicted octanol–water partition coefficient (Wildman–Crippen LogP) is 1.54. The molecule has 0 spiro atoms. The average Bonchev–Trinajstić information content (AvgIpc) is 2.25. The van der Waals surface area contributed by atoms with E-state index >= 15 is 0 Å². The molecule has 0 aromatic carbocycles. The van der Waals surface area contributed by atoms with E-state index < -0.39 is 0 Å². The Labute approximate surface area is 115 Å². The number of anilines is 2. The highest BCUT2D eigenvalue weighted by atomic mass is 15.3. The molecule has 0 radical (unpaired) electrons. The van der Waals surface area contributed by atoms with E-state index in [0.29, 0.717) is 17.9 Å². The predicted molar refractivity (Wildman–Crippen MR) is 79.4 cm³/mol. The molecule has 1 aliphatic rings. The molecule has 1 unspecified atom stereocenters. The van der Waals surface area contributed by atoms with Crippen molar-refractivity contribution >= 4 is 11.8 Å². The lowest BCUT2D eigenvalue weighted by Crippen LogP contribution is -2.54. The van der Waals surface area contributed by atoms with Crippen molar-refractivity contribution in [2.45, 2.75) is 52.1 Å². The van der Waals surface area contributed by atoms with Crippen molar-refractivity contribution in [3.05, 3.63) is 11.8 Å². The monoisotopic (exact) mass is 263 g/mol. The molecule has 2 heterocycles. The van der Waals surface area contributed by atoms with Gasteiger partial charge in [0.1, 0.15) is 5.82 Å². The Morgan fingerprint density at radius 2 is 1.84 bits per heavy atom. The molecule has 5 nitrogen and oxygen atoms in total. The highest BCUT2D eigenvalue weighted by Gasteiger charge is 2.25. The minimum Gasteiger partial charge on any atom is -0.383 e. The second-order valence-corrected chi connectivity index (χ2v) is 6.59. The lowest BCUT2D eigenvalue weighted by atomic mass is 9.88. The van der Waals surface area contributed by atoms with Gasteiger partial charge in [-0.15, -0.1) is 0 Å². The normalized spacial score (nSPS) is 24.6. The van der Waals surface area contributed by atoms with E-state index in [1.165, 1.54) is 0 Å². The van der Waals surface area contributed by atoms with Gasteiger partial charge in [-0.2, -0.15) is 4.98 Å². The van der Waals surface area contributed by atoms with E-state index in [0.717, 1.165) is 24.6 Å². The van der Waals surface area contributed by atoms with Crippen molar-refractivity contribution in [2.75, 3.05) is 23.7 Å². The zero-order valence-electron chi connectivity index (χ0n) is 12.6. The topological polar surface area (TPSA) is 67.1 Å². The Morgan fingerprint density at radius 1 is 1.26 bits per heavy atom. The summed E-state index contributed by atoms with van der Waals surface area (Å²) in [6.45, 7) is 12.5. The first-order chi connectivity index (χ1) is 8.77. The zero-order valence-corrected chi connectivity index (χ0v) is 12.6. The lowest BCUT2D eigenvalue weighted by Gasteiger charge is -2.36. The van der Waals surface area contributed by atoms with Crippen LogP contribution in [0.2, 0.25) is 0 Å². The molecule has 19 heavy (non-hydrogen) atoms. The fraction of sp³-hybridized carbons (Fsp3) is 0.714. The van der Waals surface area contributed by atoms with Crippen LogP contribution in [0.5, 0.6) is 0 Å². The first-order valence-electron chi connectivity index (χ1n) is 6.91. The van der Waals surface area contributed by atoms with Gasteiger partial charge in [0, 0.05) is 36.9 Å². The van der Waals surface area contributed by atoms with Gasteiger partial charge in [0.25, 0.3) is 0 Å². The highest BCUT2D eigenvalue weighted by molar-refractivity contribution is 5.47. The average molecular weight is 263 g/mol. The first-order valence-corrected chi connectivity index (χ1v) is 6.91. The molecule has 1 aromatic heterocycles. The van der Waals surface area contributed by atoms with Crippen molar-refractivity contribution in [3.8, 4) is 0 Å². The minimum absolute atomic E-state index is 0.0212. The van der Waals surface area contributed by atoms with Crippen molar-refractivity contribution < 1.29 is 0 Å². The summed E-state index contributed by atoms with van der Waals surface area (Å²) in [6.07, 6.45) is 1.87. The first kappa shape index (κ1) is 14.1. The van der Waals surface area contributed by atoms with Crippen LogP contribution in [-0.4, -0.2) is 35.1 Å². The quantitative estimate of drug-likeness (QED) is 0.804. The summed E-state index contributed by atoms with van der Waals surface area (Å²) in [7, 11) is 0. The Bertz CT molecular complexity index is 442. The van der Waals surface area contributed by atoms with E-state index in [4.69, 9.17) is 5.73 Å². The number of aromatic nitrogens is 2. The van der Waals surface area contributed by atoms with Crippen LogP contribution in [0.15, 0.2) is 6.20 Å². The molecule has 0 saturated carbocycles. The Balaban J connectivity index is 2.25. The molecule has 3 N–H and O–H groups in total. The minimum atomic E-state index is -0.0212. The number of rotatable bonds is 1. The van der Waals surface area contributed by atoms with Gasteiger partial charge >= 0.3 is 0 Å². The van der Waals surface area contributed by atoms with Crippen molar-refractivity contribution in [2.24, 2.45) is 0 Å². The fourth-order valence-electron chi connectivity index (χ4n) is 2.61. The van der Waals surface area contributed by atoms with Crippen molar-refractivity contribution in [1.29, 1.82) is 0 Å². The van der Waals surface area contributed by atoms with Crippen molar-refractivity contribution in [3.63, 3.8) is 0 Å². The van der Waals surface area contributed by atoms with E-state index in [1.54, 1.807) is 0 Å². The highest BCUT2D eigenvalue weighted by Crippen LogP contribution is 2.27. The van der Waals surface area contributed by atoms with Gasteiger partial charge < -0.3 is 16.0 Å². The van der Waals surface area contributed by atoms with Crippen LogP contribution in [0.25, 0.3) is 0 Å². The fourth-order valence-corrected chi connectivity index (χ4v) is 2.61. The van der Waals surface area contributed by atoms with Crippen LogP contribution < -0.4 is 16.0 Å². The van der Waals surface area contributed by atoms with E-state index in [2.05, 4.69) is 54.8 Å². The molecular formula is C14H25N5. The van der Waals surface area contributed by atoms with Crippen LogP contribution in [0.4, 0.5) is 11.8 Å². The Kier molecular flexibility index (Phi) is 3.67. The summed E-state index contributed by atoms with van der Waals surface area (Å²) < 4.78 is 0. The summed E-state index contributed by atoms with van der Waals surface area (Å²) in [5.41, 5.74) is 7.08. The van der Waals surface area contributed by atoms with E-state index in [9.17, 15) is 0 Å². The SMILES string of the molecule is CC1CN(c2ncc(C(C)(C)C)c(N)n2)C[C@@H](C)N1. The lowest BCUT2D eigenvalue weighted by molar-refractivity contribution is 0.403.